The van der Waals surface area contributed by atoms with Crippen molar-refractivity contribution in [1.29, 1.82) is 0 Å². The molecule has 1 fully saturated rings. The third-order valence-electron chi connectivity index (χ3n) is 5.24. The van der Waals surface area contributed by atoms with E-state index in [4.69, 9.17) is 14.2 Å². The number of nitrogens with zero attached hydrogens (tertiary/aromatic N) is 3. The number of β-amino-alcohol motifs (C(OH)–C–C–N with tert-alkyl or cyclic N) is 1. The Hall–Kier alpha value is -2.13. The smallest absolute Gasteiger partial charge is 0.161 e. The van der Waals surface area contributed by atoms with Crippen LogP contribution in [0.25, 0.3) is 0 Å². The molecule has 2 N–H and O–H groups in total. The minimum absolute atomic E-state index is 0.235. The van der Waals surface area contributed by atoms with Crippen molar-refractivity contribution in [2.45, 2.75) is 32.5 Å². The molecular weight excluding hydrogens is 384 g/mol. The summed E-state index contributed by atoms with van der Waals surface area (Å²) in [5.41, 5.74) is 1.13. The van der Waals surface area contributed by atoms with Gasteiger partial charge in [-0.1, -0.05) is 6.07 Å². The fourth-order valence-corrected chi connectivity index (χ4v) is 3.51. The number of nitrogens with one attached hydrogen (secondary N) is 1. The molecule has 2 heterocycles. The van der Waals surface area contributed by atoms with E-state index in [0.717, 1.165) is 63.7 Å². The van der Waals surface area contributed by atoms with Crippen molar-refractivity contribution in [3.63, 3.8) is 0 Å². The maximum absolute atomic E-state index is 10.3. The van der Waals surface area contributed by atoms with Crippen LogP contribution < -0.4 is 14.8 Å². The van der Waals surface area contributed by atoms with Gasteiger partial charge in [-0.25, -0.2) is 4.98 Å². The molecule has 8 nitrogen and oxygen atoms in total. The average molecular weight is 419 g/mol. The third kappa shape index (κ3) is 6.98. The van der Waals surface area contributed by atoms with Gasteiger partial charge >= 0.3 is 0 Å². The predicted molar refractivity (Wildman–Crippen MR) is 115 cm³/mol. The van der Waals surface area contributed by atoms with Crippen LogP contribution in [-0.2, 0) is 17.8 Å². The van der Waals surface area contributed by atoms with E-state index >= 15 is 0 Å². The molecule has 0 saturated carbocycles. The summed E-state index contributed by atoms with van der Waals surface area (Å²) in [4.78, 5) is 6.43. The normalized spacial score (nSPS) is 15.8. The van der Waals surface area contributed by atoms with Crippen molar-refractivity contribution in [1.82, 2.24) is 19.8 Å². The Bertz CT molecular complexity index is 761. The first-order valence-corrected chi connectivity index (χ1v) is 10.6. The van der Waals surface area contributed by atoms with Crippen LogP contribution >= 0.6 is 0 Å². The lowest BCUT2D eigenvalue weighted by molar-refractivity contribution is 0.00445. The zero-order valence-corrected chi connectivity index (χ0v) is 18.0. The Kier molecular flexibility index (Phi) is 8.95. The molecule has 166 valence electrons. The van der Waals surface area contributed by atoms with Crippen molar-refractivity contribution >= 4 is 0 Å². The van der Waals surface area contributed by atoms with Gasteiger partial charge in [-0.05, 0) is 37.6 Å². The van der Waals surface area contributed by atoms with Crippen LogP contribution in [0, 0.1) is 6.92 Å². The fraction of sp³-hybridized carbons (Fsp3) is 0.591. The van der Waals surface area contributed by atoms with Gasteiger partial charge in [0.15, 0.2) is 11.5 Å². The number of ether oxygens (including phenoxy) is 3. The lowest BCUT2D eigenvalue weighted by Gasteiger charge is -2.28. The highest BCUT2D eigenvalue weighted by atomic mass is 16.5. The zero-order valence-electron chi connectivity index (χ0n) is 18.0. The van der Waals surface area contributed by atoms with E-state index in [1.807, 2.05) is 37.5 Å². The summed E-state index contributed by atoms with van der Waals surface area (Å²) in [6.07, 6.45) is 4.33. The number of aromatic nitrogens is 2. The molecule has 0 radical (unpaired) electrons. The topological polar surface area (TPSA) is 81.0 Å². The molecule has 2 aromatic rings. The van der Waals surface area contributed by atoms with Gasteiger partial charge in [-0.2, -0.15) is 0 Å². The first kappa shape index (κ1) is 22.6. The second-order valence-electron chi connectivity index (χ2n) is 7.56. The second kappa shape index (κ2) is 11.9. The first-order chi connectivity index (χ1) is 14.7. The molecule has 1 atom stereocenters. The molecule has 1 saturated heterocycles. The molecule has 0 unspecified atom stereocenters. The molecule has 30 heavy (non-hydrogen) atoms. The summed E-state index contributed by atoms with van der Waals surface area (Å²) in [5, 5.41) is 13.7. The number of morpholine rings is 1. The number of rotatable bonds is 12. The summed E-state index contributed by atoms with van der Waals surface area (Å²) >= 11 is 0. The van der Waals surface area contributed by atoms with E-state index in [1.165, 1.54) is 0 Å². The summed E-state index contributed by atoms with van der Waals surface area (Å²) in [7, 11) is 1.64. The van der Waals surface area contributed by atoms with Crippen LogP contribution in [0.3, 0.4) is 0 Å². The Morgan fingerprint density at radius 1 is 1.27 bits per heavy atom. The van der Waals surface area contributed by atoms with Crippen molar-refractivity contribution in [3.8, 4) is 11.5 Å². The molecule has 1 aromatic heterocycles. The van der Waals surface area contributed by atoms with Gasteiger partial charge < -0.3 is 29.2 Å². The number of hydrogen-bond donors (Lipinski definition) is 2. The van der Waals surface area contributed by atoms with E-state index in [0.29, 0.717) is 18.0 Å². The van der Waals surface area contributed by atoms with Crippen molar-refractivity contribution in [2.75, 3.05) is 53.1 Å². The van der Waals surface area contributed by atoms with E-state index in [-0.39, 0.29) is 6.61 Å². The zero-order chi connectivity index (χ0) is 21.2. The predicted octanol–water partition coefficient (Wildman–Crippen LogP) is 1.45. The summed E-state index contributed by atoms with van der Waals surface area (Å²) in [5.74, 6) is 2.38. The van der Waals surface area contributed by atoms with E-state index < -0.39 is 6.10 Å². The number of aliphatic hydroxyl groups is 1. The Morgan fingerprint density at radius 3 is 2.83 bits per heavy atom. The minimum atomic E-state index is -0.548. The van der Waals surface area contributed by atoms with Gasteiger partial charge in [-0.15, -0.1) is 0 Å². The van der Waals surface area contributed by atoms with Crippen LogP contribution in [0.5, 0.6) is 11.5 Å². The quantitative estimate of drug-likeness (QED) is 0.505. The Morgan fingerprint density at radius 2 is 2.10 bits per heavy atom. The minimum Gasteiger partial charge on any atom is -0.493 e. The molecule has 3 rings (SSSR count). The molecule has 1 aliphatic rings. The highest BCUT2D eigenvalue weighted by Crippen LogP contribution is 2.28. The van der Waals surface area contributed by atoms with Gasteiger partial charge in [0, 0.05) is 45.1 Å². The van der Waals surface area contributed by atoms with Crippen LogP contribution in [-0.4, -0.2) is 78.8 Å². The van der Waals surface area contributed by atoms with Gasteiger partial charge in [0.2, 0.25) is 0 Å². The summed E-state index contributed by atoms with van der Waals surface area (Å²) in [6.45, 7) is 8.64. The van der Waals surface area contributed by atoms with Crippen molar-refractivity contribution in [3.05, 3.63) is 42.0 Å². The molecular formula is C22H34N4O4. The standard InChI is InChI=1S/C22H34N4O4/c1-18-24-7-9-26(18)8-3-6-23-15-19-4-5-21(22(14-19)28-2)30-17-20(27)16-25-10-12-29-13-11-25/h4-5,7,9,14,20,23,27H,3,6,8,10-13,15-17H2,1-2H3/t20-/m0/s1. The Labute approximate surface area is 178 Å². The van der Waals surface area contributed by atoms with Crippen LogP contribution in [0.2, 0.25) is 0 Å². The molecule has 0 aliphatic carbocycles. The molecule has 0 bridgehead atoms. The lowest BCUT2D eigenvalue weighted by Crippen LogP contribution is -2.42. The highest BCUT2D eigenvalue weighted by molar-refractivity contribution is 5.43. The molecule has 1 aromatic carbocycles. The SMILES string of the molecule is COc1cc(CNCCCn2ccnc2C)ccc1OC[C@@H](O)CN1CCOCC1. The van der Waals surface area contributed by atoms with Crippen LogP contribution in [0.4, 0.5) is 0 Å². The van der Waals surface area contributed by atoms with E-state index in [2.05, 4.69) is 19.8 Å². The fourth-order valence-electron chi connectivity index (χ4n) is 3.51. The maximum Gasteiger partial charge on any atom is 0.161 e. The van der Waals surface area contributed by atoms with E-state index in [1.54, 1.807) is 7.11 Å². The van der Waals surface area contributed by atoms with Crippen molar-refractivity contribution < 1.29 is 19.3 Å². The monoisotopic (exact) mass is 418 g/mol. The van der Waals surface area contributed by atoms with Gasteiger partial charge in [-0.3, -0.25) is 4.90 Å². The molecule has 0 spiro atoms. The maximum atomic E-state index is 10.3. The summed E-state index contributed by atoms with van der Waals surface area (Å²) < 4.78 is 18.8. The first-order valence-electron chi connectivity index (χ1n) is 10.6. The van der Waals surface area contributed by atoms with Gasteiger partial charge in [0.05, 0.1) is 20.3 Å². The highest BCUT2D eigenvalue weighted by Gasteiger charge is 2.16. The number of benzene rings is 1. The van der Waals surface area contributed by atoms with Gasteiger partial charge in [0.25, 0.3) is 0 Å². The number of aryl methyl sites for hydroxylation is 2. The Balaban J connectivity index is 1.39. The van der Waals surface area contributed by atoms with Crippen molar-refractivity contribution in [2.24, 2.45) is 0 Å². The molecule has 8 heteroatoms. The molecule has 1 aliphatic heterocycles. The number of aliphatic hydroxyl groups excluding tert-OH is 1. The molecule has 0 amide bonds. The van der Waals surface area contributed by atoms with Crippen LogP contribution in [0.1, 0.15) is 17.8 Å². The van der Waals surface area contributed by atoms with Crippen LogP contribution in [0.15, 0.2) is 30.6 Å². The summed E-state index contributed by atoms with van der Waals surface area (Å²) in [6, 6.07) is 5.92. The average Bonchev–Trinajstić information content (AvgIpc) is 3.17. The number of imidazole rings is 1. The largest absolute Gasteiger partial charge is 0.493 e. The third-order valence-corrected chi connectivity index (χ3v) is 5.24. The number of hydrogen-bond acceptors (Lipinski definition) is 7. The van der Waals surface area contributed by atoms with Gasteiger partial charge in [0.1, 0.15) is 18.5 Å². The number of methoxy groups -OCH3 is 1. The lowest BCUT2D eigenvalue weighted by atomic mass is 10.2. The second-order valence-corrected chi connectivity index (χ2v) is 7.56. The van der Waals surface area contributed by atoms with E-state index in [9.17, 15) is 5.11 Å².